The Bertz CT molecular complexity index is 631. The van der Waals surface area contributed by atoms with E-state index in [0.29, 0.717) is 13.1 Å². The van der Waals surface area contributed by atoms with E-state index in [1.54, 1.807) is 0 Å². The maximum atomic E-state index is 12.6. The quantitative estimate of drug-likeness (QED) is 0.624. The maximum absolute atomic E-state index is 12.6. The minimum atomic E-state index is 0.0848. The van der Waals surface area contributed by atoms with Crippen LogP contribution in [-0.4, -0.2) is 10.8 Å². The molecule has 4 heteroatoms. The number of carbonyl (C=O) groups is 1. The molecule has 1 aliphatic heterocycles. The summed E-state index contributed by atoms with van der Waals surface area (Å²) in [5, 5.41) is 0. The van der Waals surface area contributed by atoms with Gasteiger partial charge in [-0.15, -0.1) is 0 Å². The van der Waals surface area contributed by atoms with Crippen molar-refractivity contribution in [2.45, 2.75) is 13.1 Å². The third kappa shape index (κ3) is 2.56. The molecule has 0 radical (unpaired) electrons. The van der Waals surface area contributed by atoms with E-state index in [9.17, 15) is 4.79 Å². The molecule has 96 valence electrons. The predicted octanol–water partition coefficient (Wildman–Crippen LogP) is 4.21. The van der Waals surface area contributed by atoms with Gasteiger partial charge in [0.2, 0.25) is 0 Å². The zero-order chi connectivity index (χ0) is 13.4. The number of nitrogens with zero attached hydrogens (tertiary/aromatic N) is 1. The molecule has 0 spiro atoms. The SMILES string of the molecule is O=C(c1cc(I)ccc1Br)N1Cc2ccccc2C1. The molecule has 0 fully saturated rings. The van der Waals surface area contributed by atoms with Gasteiger partial charge in [0.15, 0.2) is 0 Å². The van der Waals surface area contributed by atoms with Crippen molar-refractivity contribution in [3.8, 4) is 0 Å². The van der Waals surface area contributed by atoms with Gasteiger partial charge in [-0.3, -0.25) is 4.79 Å². The van der Waals surface area contributed by atoms with Crippen LogP contribution in [0, 0.1) is 3.57 Å². The highest BCUT2D eigenvalue weighted by atomic mass is 127. The summed E-state index contributed by atoms with van der Waals surface area (Å²) < 4.78 is 1.93. The molecular weight excluding hydrogens is 417 g/mol. The molecule has 0 aromatic heterocycles. The number of halogens is 2. The van der Waals surface area contributed by atoms with E-state index < -0.39 is 0 Å². The fourth-order valence-electron chi connectivity index (χ4n) is 2.31. The third-order valence-corrected chi connectivity index (χ3v) is 4.65. The molecule has 19 heavy (non-hydrogen) atoms. The Morgan fingerprint density at radius 1 is 1.11 bits per heavy atom. The molecule has 0 bridgehead atoms. The van der Waals surface area contributed by atoms with Gasteiger partial charge in [-0.05, 0) is 67.8 Å². The molecule has 0 N–H and O–H groups in total. The number of amides is 1. The topological polar surface area (TPSA) is 20.3 Å². The molecule has 2 nitrogen and oxygen atoms in total. The highest BCUT2D eigenvalue weighted by Crippen LogP contribution is 2.27. The summed E-state index contributed by atoms with van der Waals surface area (Å²) in [7, 11) is 0. The molecule has 0 saturated heterocycles. The average molecular weight is 428 g/mol. The molecule has 0 aliphatic carbocycles. The zero-order valence-corrected chi connectivity index (χ0v) is 13.8. The van der Waals surface area contributed by atoms with Gasteiger partial charge in [-0.25, -0.2) is 0 Å². The minimum Gasteiger partial charge on any atom is -0.330 e. The number of hydrogen-bond donors (Lipinski definition) is 0. The number of fused-ring (bicyclic) bond motifs is 1. The molecule has 1 amide bonds. The Kier molecular flexibility index (Phi) is 3.62. The molecule has 0 unspecified atom stereocenters. The van der Waals surface area contributed by atoms with Crippen molar-refractivity contribution in [3.63, 3.8) is 0 Å². The van der Waals surface area contributed by atoms with E-state index in [1.165, 1.54) is 11.1 Å². The third-order valence-electron chi connectivity index (χ3n) is 3.29. The Balaban J connectivity index is 1.89. The van der Waals surface area contributed by atoms with E-state index in [1.807, 2.05) is 35.2 Å². The number of carbonyl (C=O) groups excluding carboxylic acids is 1. The largest absolute Gasteiger partial charge is 0.330 e. The van der Waals surface area contributed by atoms with Crippen LogP contribution in [-0.2, 0) is 13.1 Å². The van der Waals surface area contributed by atoms with E-state index in [2.05, 4.69) is 50.7 Å². The summed E-state index contributed by atoms with van der Waals surface area (Å²) in [6.07, 6.45) is 0. The Morgan fingerprint density at radius 2 is 1.74 bits per heavy atom. The summed E-state index contributed by atoms with van der Waals surface area (Å²) in [6.45, 7) is 1.40. The van der Waals surface area contributed by atoms with Crippen LogP contribution in [0.3, 0.4) is 0 Å². The number of hydrogen-bond acceptors (Lipinski definition) is 1. The maximum Gasteiger partial charge on any atom is 0.255 e. The number of benzene rings is 2. The van der Waals surface area contributed by atoms with Crippen LogP contribution in [0.2, 0.25) is 0 Å². The summed E-state index contributed by atoms with van der Waals surface area (Å²) >= 11 is 5.69. The lowest BCUT2D eigenvalue weighted by molar-refractivity contribution is 0.0750. The number of rotatable bonds is 1. The fraction of sp³-hybridized carbons (Fsp3) is 0.133. The van der Waals surface area contributed by atoms with E-state index in [-0.39, 0.29) is 5.91 Å². The first-order valence-corrected chi connectivity index (χ1v) is 7.83. The first-order valence-electron chi connectivity index (χ1n) is 5.96. The van der Waals surface area contributed by atoms with Gasteiger partial charge >= 0.3 is 0 Å². The molecule has 0 saturated carbocycles. The van der Waals surface area contributed by atoms with Gasteiger partial charge in [-0.2, -0.15) is 0 Å². The van der Waals surface area contributed by atoms with Crippen molar-refractivity contribution in [1.29, 1.82) is 0 Å². The Labute approximate surface area is 134 Å². The lowest BCUT2D eigenvalue weighted by Gasteiger charge is -2.16. The smallest absolute Gasteiger partial charge is 0.255 e. The van der Waals surface area contributed by atoms with E-state index in [0.717, 1.165) is 13.6 Å². The zero-order valence-electron chi connectivity index (χ0n) is 10.1. The van der Waals surface area contributed by atoms with Crippen LogP contribution < -0.4 is 0 Å². The van der Waals surface area contributed by atoms with Gasteiger partial charge in [0.25, 0.3) is 5.91 Å². The molecule has 1 aliphatic rings. The van der Waals surface area contributed by atoms with Crippen LogP contribution in [0.1, 0.15) is 21.5 Å². The Morgan fingerprint density at radius 3 is 2.37 bits per heavy atom. The highest BCUT2D eigenvalue weighted by molar-refractivity contribution is 14.1. The van der Waals surface area contributed by atoms with Gasteiger partial charge in [0, 0.05) is 21.1 Å². The molecule has 3 rings (SSSR count). The van der Waals surface area contributed by atoms with Gasteiger partial charge in [-0.1, -0.05) is 24.3 Å². The first-order chi connectivity index (χ1) is 9.15. The lowest BCUT2D eigenvalue weighted by Crippen LogP contribution is -2.25. The molecule has 1 heterocycles. The van der Waals surface area contributed by atoms with Crippen LogP contribution >= 0.6 is 38.5 Å². The summed E-state index contributed by atoms with van der Waals surface area (Å²) in [5.41, 5.74) is 3.23. The Hall–Kier alpha value is -0.880. The summed E-state index contributed by atoms with van der Waals surface area (Å²) in [6, 6.07) is 14.1. The second-order valence-corrected chi connectivity index (χ2v) is 6.65. The van der Waals surface area contributed by atoms with Crippen molar-refractivity contribution >= 4 is 44.4 Å². The summed E-state index contributed by atoms with van der Waals surface area (Å²) in [5.74, 6) is 0.0848. The van der Waals surface area contributed by atoms with Gasteiger partial charge < -0.3 is 4.90 Å². The van der Waals surface area contributed by atoms with E-state index in [4.69, 9.17) is 0 Å². The van der Waals surface area contributed by atoms with Crippen molar-refractivity contribution < 1.29 is 4.79 Å². The highest BCUT2D eigenvalue weighted by Gasteiger charge is 2.25. The second kappa shape index (κ2) is 5.25. The standard InChI is InChI=1S/C15H11BrINO/c16-14-6-5-12(17)7-13(14)15(19)18-8-10-3-1-2-4-11(10)9-18/h1-7H,8-9H2. The fourth-order valence-corrected chi connectivity index (χ4v) is 3.22. The van der Waals surface area contributed by atoms with Crippen LogP contribution in [0.4, 0.5) is 0 Å². The molecule has 2 aromatic carbocycles. The normalized spacial score (nSPS) is 13.5. The summed E-state index contributed by atoms with van der Waals surface area (Å²) in [4.78, 5) is 14.5. The van der Waals surface area contributed by atoms with Crippen LogP contribution in [0.25, 0.3) is 0 Å². The molecule has 0 atom stereocenters. The van der Waals surface area contributed by atoms with Crippen molar-refractivity contribution in [1.82, 2.24) is 4.90 Å². The van der Waals surface area contributed by atoms with Gasteiger partial charge in [0.05, 0.1) is 5.56 Å². The monoisotopic (exact) mass is 427 g/mol. The lowest BCUT2D eigenvalue weighted by atomic mass is 10.1. The van der Waals surface area contributed by atoms with Crippen LogP contribution in [0.5, 0.6) is 0 Å². The van der Waals surface area contributed by atoms with Crippen molar-refractivity contribution in [3.05, 3.63) is 67.2 Å². The van der Waals surface area contributed by atoms with Crippen LogP contribution in [0.15, 0.2) is 46.9 Å². The average Bonchev–Trinajstić information content (AvgIpc) is 2.84. The molecule has 2 aromatic rings. The van der Waals surface area contributed by atoms with E-state index >= 15 is 0 Å². The minimum absolute atomic E-state index is 0.0848. The second-order valence-electron chi connectivity index (χ2n) is 4.55. The molecular formula is C15H11BrINO. The van der Waals surface area contributed by atoms with Crippen molar-refractivity contribution in [2.24, 2.45) is 0 Å². The first kappa shape index (κ1) is 13.1. The van der Waals surface area contributed by atoms with Crippen molar-refractivity contribution in [2.75, 3.05) is 0 Å². The van der Waals surface area contributed by atoms with Gasteiger partial charge in [0.1, 0.15) is 0 Å². The predicted molar refractivity (Wildman–Crippen MR) is 86.9 cm³/mol.